The molecule has 112 valence electrons. The van der Waals surface area contributed by atoms with E-state index in [2.05, 4.69) is 8.85 Å². The zero-order valence-electron chi connectivity index (χ0n) is 11.8. The summed E-state index contributed by atoms with van der Waals surface area (Å²) in [5.41, 5.74) is -0.525. The van der Waals surface area contributed by atoms with Gasteiger partial charge in [0.05, 0.1) is 41.9 Å². The molecule has 0 aromatic rings. The second-order valence-corrected chi connectivity index (χ2v) is 5.49. The van der Waals surface area contributed by atoms with E-state index in [1.165, 1.54) is 0 Å². The van der Waals surface area contributed by atoms with Gasteiger partial charge in [0.25, 0.3) is 0 Å². The molecule has 0 aliphatic rings. The highest BCUT2D eigenvalue weighted by molar-refractivity contribution is 14.1. The Hall–Kier alpha value is -0.570. The Kier molecular flexibility index (Phi) is 8.31. The molecule has 0 saturated carbocycles. The van der Waals surface area contributed by atoms with Crippen molar-refractivity contribution >= 4 is 34.9 Å². The Morgan fingerprint density at radius 3 is 2.37 bits per heavy atom. The molecule has 0 rings (SSSR count). The fourth-order valence-electron chi connectivity index (χ4n) is 1.48. The monoisotopic (exact) mass is 386 g/mol. The zero-order chi connectivity index (χ0) is 15.1. The Morgan fingerprint density at radius 2 is 2.00 bits per heavy atom. The number of esters is 1. The molecule has 0 bridgehead atoms. The summed E-state index contributed by atoms with van der Waals surface area (Å²) in [4.78, 5) is 23.0. The van der Waals surface area contributed by atoms with E-state index in [1.807, 2.05) is 27.7 Å². The minimum Gasteiger partial charge on any atom is -0.459 e. The summed E-state index contributed by atoms with van der Waals surface area (Å²) in [6, 6.07) is -1.09. The highest BCUT2D eigenvalue weighted by atomic mass is 127. The van der Waals surface area contributed by atoms with Crippen LogP contribution in [0.25, 0.3) is 0 Å². The second-order valence-electron chi connectivity index (χ2n) is 4.95. The molecule has 0 aliphatic heterocycles. The normalized spacial score (nSPS) is 15.5. The molecule has 3 N–H and O–H groups in total. The summed E-state index contributed by atoms with van der Waals surface area (Å²) >= 11 is 1.67. The number of amides is 2. The summed E-state index contributed by atoms with van der Waals surface area (Å²) in [6.07, 6.45) is 0.657. The molecule has 0 aromatic heterocycles. The third-order valence-corrected chi connectivity index (χ3v) is 3.81. The fraction of sp³-hybridized carbons (Fsp3) is 0.833. The predicted molar refractivity (Wildman–Crippen MR) is 80.8 cm³/mol. The molecular weight excluding hydrogens is 363 g/mol. The van der Waals surface area contributed by atoms with Crippen LogP contribution in [-0.4, -0.2) is 35.4 Å². The first-order valence-corrected chi connectivity index (χ1v) is 7.36. The molecule has 0 spiro atoms. The molecule has 2 amide bonds. The maximum atomic E-state index is 11.9. The van der Waals surface area contributed by atoms with Gasteiger partial charge in [-0.15, -0.1) is 0 Å². The average molecular weight is 386 g/mol. The molecule has 19 heavy (non-hydrogen) atoms. The first kappa shape index (κ1) is 18.4. The number of nitrogens with one attached hydrogen (secondary N) is 2. The summed E-state index contributed by atoms with van der Waals surface area (Å²) in [6.45, 7) is 7.50. The number of rotatable bonds is 7. The van der Waals surface area contributed by atoms with Crippen LogP contribution in [0.4, 0.5) is 4.79 Å². The number of aliphatic hydroxyl groups excluding tert-OH is 1. The van der Waals surface area contributed by atoms with Gasteiger partial charge in [-0.2, -0.15) is 0 Å². The van der Waals surface area contributed by atoms with Crippen molar-refractivity contribution in [3.05, 3.63) is 0 Å². The predicted octanol–water partition coefficient (Wildman–Crippen LogP) is 1.75. The van der Waals surface area contributed by atoms with Gasteiger partial charge in [0.2, 0.25) is 0 Å². The van der Waals surface area contributed by atoms with Crippen LogP contribution in [0.3, 0.4) is 0 Å². The van der Waals surface area contributed by atoms with Gasteiger partial charge in [-0.05, 0) is 19.3 Å². The van der Waals surface area contributed by atoms with Crippen molar-refractivity contribution in [3.8, 4) is 0 Å². The number of hydrogen-bond donors (Lipinski definition) is 3. The quantitative estimate of drug-likeness (QED) is 0.354. The Balaban J connectivity index is 4.46. The number of hydrogen-bond acceptors (Lipinski definition) is 4. The van der Waals surface area contributed by atoms with Crippen LogP contribution in [0.15, 0.2) is 0 Å². The standard InChI is InChI=1S/C12H23IN2O4/c1-5-12(4,8(2)3)19-10(17)6-9(7-16)14-11(18)15-13/h8-9,16H,5-7H2,1-4H3,(H2,14,15,18). The van der Waals surface area contributed by atoms with Crippen molar-refractivity contribution in [2.75, 3.05) is 6.61 Å². The third kappa shape index (κ3) is 6.42. The van der Waals surface area contributed by atoms with Crippen LogP contribution < -0.4 is 8.85 Å². The lowest BCUT2D eigenvalue weighted by atomic mass is 9.89. The maximum absolute atomic E-state index is 11.9. The van der Waals surface area contributed by atoms with Crippen molar-refractivity contribution in [2.45, 2.75) is 52.2 Å². The van der Waals surface area contributed by atoms with Crippen LogP contribution in [0.5, 0.6) is 0 Å². The van der Waals surface area contributed by atoms with Crippen LogP contribution in [0.2, 0.25) is 0 Å². The summed E-state index contributed by atoms with van der Waals surface area (Å²) in [5.74, 6) is -0.231. The molecule has 0 radical (unpaired) electrons. The van der Waals surface area contributed by atoms with Crippen molar-refractivity contribution < 1.29 is 19.4 Å². The largest absolute Gasteiger partial charge is 0.459 e. The summed E-state index contributed by atoms with van der Waals surface area (Å²) in [5, 5.41) is 11.6. The first-order chi connectivity index (χ1) is 8.78. The zero-order valence-corrected chi connectivity index (χ0v) is 14.0. The number of halogens is 1. The summed E-state index contributed by atoms with van der Waals surface area (Å²) in [7, 11) is 0. The van der Waals surface area contributed by atoms with E-state index < -0.39 is 23.6 Å². The lowest BCUT2D eigenvalue weighted by molar-refractivity contribution is -0.164. The van der Waals surface area contributed by atoms with Crippen molar-refractivity contribution in [1.29, 1.82) is 0 Å². The molecule has 0 aromatic carbocycles. The first-order valence-electron chi connectivity index (χ1n) is 6.28. The van der Waals surface area contributed by atoms with Crippen LogP contribution in [-0.2, 0) is 9.53 Å². The van der Waals surface area contributed by atoms with Gasteiger partial charge in [0.15, 0.2) is 0 Å². The molecule has 0 aliphatic carbocycles. The van der Waals surface area contributed by atoms with E-state index in [1.54, 1.807) is 22.9 Å². The molecule has 6 nitrogen and oxygen atoms in total. The van der Waals surface area contributed by atoms with Gasteiger partial charge in [0, 0.05) is 0 Å². The van der Waals surface area contributed by atoms with Crippen LogP contribution >= 0.6 is 22.9 Å². The van der Waals surface area contributed by atoms with E-state index in [0.29, 0.717) is 6.42 Å². The molecule has 7 heteroatoms. The molecule has 0 saturated heterocycles. The lowest BCUT2D eigenvalue weighted by Crippen LogP contribution is -2.44. The van der Waals surface area contributed by atoms with Gasteiger partial charge in [0.1, 0.15) is 5.60 Å². The second kappa shape index (κ2) is 8.57. The van der Waals surface area contributed by atoms with Gasteiger partial charge < -0.3 is 15.2 Å². The van der Waals surface area contributed by atoms with Gasteiger partial charge in [-0.25, -0.2) is 4.79 Å². The number of carbonyl (C=O) groups is 2. The van der Waals surface area contributed by atoms with Crippen LogP contribution in [0, 0.1) is 5.92 Å². The van der Waals surface area contributed by atoms with Crippen molar-refractivity contribution in [2.24, 2.45) is 5.92 Å². The molecule has 2 atom stereocenters. The van der Waals surface area contributed by atoms with E-state index in [9.17, 15) is 9.59 Å². The van der Waals surface area contributed by atoms with Gasteiger partial charge >= 0.3 is 12.0 Å². The highest BCUT2D eigenvalue weighted by Gasteiger charge is 2.31. The summed E-state index contributed by atoms with van der Waals surface area (Å²) < 4.78 is 7.81. The Morgan fingerprint density at radius 1 is 1.42 bits per heavy atom. The SMILES string of the molecule is CCC(C)(OC(=O)CC(CO)NC(=O)NI)C(C)C. The van der Waals surface area contributed by atoms with E-state index in [-0.39, 0.29) is 18.9 Å². The number of ether oxygens (including phenoxy) is 1. The topological polar surface area (TPSA) is 87.7 Å². The fourth-order valence-corrected chi connectivity index (χ4v) is 1.63. The third-order valence-electron chi connectivity index (χ3n) is 3.32. The minimum atomic E-state index is -0.643. The molecule has 2 unspecified atom stereocenters. The molecular formula is C12H23IN2O4. The van der Waals surface area contributed by atoms with Crippen molar-refractivity contribution in [1.82, 2.24) is 8.85 Å². The smallest absolute Gasteiger partial charge is 0.323 e. The lowest BCUT2D eigenvalue weighted by Gasteiger charge is -2.33. The highest BCUT2D eigenvalue weighted by Crippen LogP contribution is 2.25. The van der Waals surface area contributed by atoms with Crippen molar-refractivity contribution in [3.63, 3.8) is 0 Å². The van der Waals surface area contributed by atoms with Crippen LogP contribution in [0.1, 0.15) is 40.5 Å². The van der Waals surface area contributed by atoms with Gasteiger partial charge in [-0.1, -0.05) is 20.8 Å². The van der Waals surface area contributed by atoms with E-state index >= 15 is 0 Å². The Bertz CT molecular complexity index is 312. The number of urea groups is 1. The Labute approximate surface area is 128 Å². The maximum Gasteiger partial charge on any atom is 0.323 e. The molecule has 0 heterocycles. The van der Waals surface area contributed by atoms with E-state index in [0.717, 1.165) is 0 Å². The number of aliphatic hydroxyl groups is 1. The van der Waals surface area contributed by atoms with Gasteiger partial charge in [-0.3, -0.25) is 8.32 Å². The van der Waals surface area contributed by atoms with E-state index in [4.69, 9.17) is 9.84 Å². The average Bonchev–Trinajstić information content (AvgIpc) is 2.36. The number of carbonyl (C=O) groups excluding carboxylic acids is 2. The molecule has 0 fully saturated rings. The minimum absolute atomic E-state index is 0.0527.